The molecule has 0 bridgehead atoms. The van der Waals surface area contributed by atoms with Crippen molar-refractivity contribution < 1.29 is 8.42 Å². The Balaban J connectivity index is 2.79. The maximum Gasteiger partial charge on any atom is 0.184 e. The van der Waals surface area contributed by atoms with E-state index in [0.717, 1.165) is 0 Å². The number of hydrazone groups is 1. The van der Waals surface area contributed by atoms with Crippen LogP contribution in [0, 0.1) is 0 Å². The van der Waals surface area contributed by atoms with Gasteiger partial charge in [-0.05, 0) is 6.07 Å². The summed E-state index contributed by atoms with van der Waals surface area (Å²) in [5.74, 6) is 5.01. The van der Waals surface area contributed by atoms with Gasteiger partial charge in [0.2, 0.25) is 0 Å². The van der Waals surface area contributed by atoms with Crippen molar-refractivity contribution in [2.45, 2.75) is 4.90 Å². The first kappa shape index (κ1) is 8.25. The zero-order valence-electron chi connectivity index (χ0n) is 6.77. The number of rotatable bonds is 0. The molecule has 0 atom stereocenters. The minimum atomic E-state index is -3.18. The van der Waals surface area contributed by atoms with Gasteiger partial charge in [0, 0.05) is 5.56 Å². The van der Waals surface area contributed by atoms with Gasteiger partial charge in [0.1, 0.15) is 0 Å². The van der Waals surface area contributed by atoms with Gasteiger partial charge in [0.25, 0.3) is 0 Å². The largest absolute Gasteiger partial charge is 0.323 e. The second-order valence-electron chi connectivity index (χ2n) is 2.83. The molecule has 0 aliphatic carbocycles. The van der Waals surface area contributed by atoms with E-state index in [0.29, 0.717) is 16.2 Å². The third-order valence-electron chi connectivity index (χ3n) is 2.02. The van der Waals surface area contributed by atoms with Crippen molar-refractivity contribution in [1.82, 2.24) is 0 Å². The molecule has 1 aliphatic rings. The molecule has 1 aliphatic heterocycles. The molecule has 1 aromatic carbocycles. The number of hydrogen-bond acceptors (Lipinski definition) is 4. The van der Waals surface area contributed by atoms with Crippen LogP contribution < -0.4 is 5.84 Å². The van der Waals surface area contributed by atoms with Gasteiger partial charge in [0.15, 0.2) is 9.84 Å². The summed E-state index contributed by atoms with van der Waals surface area (Å²) in [6, 6.07) is 6.75. The highest BCUT2D eigenvalue weighted by Gasteiger charge is 2.30. The average molecular weight is 196 g/mol. The molecule has 0 saturated heterocycles. The molecule has 2 N–H and O–H groups in total. The monoisotopic (exact) mass is 196 g/mol. The first-order chi connectivity index (χ1) is 6.15. The highest BCUT2D eigenvalue weighted by atomic mass is 32.2. The van der Waals surface area contributed by atoms with Gasteiger partial charge >= 0.3 is 0 Å². The number of sulfone groups is 1. The fourth-order valence-corrected chi connectivity index (χ4v) is 2.97. The van der Waals surface area contributed by atoms with Crippen molar-refractivity contribution in [3.05, 3.63) is 29.8 Å². The Morgan fingerprint density at radius 2 is 2.00 bits per heavy atom. The van der Waals surface area contributed by atoms with Crippen LogP contribution in [0.1, 0.15) is 5.56 Å². The normalized spacial score (nSPS) is 21.7. The number of benzene rings is 1. The van der Waals surface area contributed by atoms with Gasteiger partial charge in [-0.3, -0.25) is 0 Å². The molecule has 13 heavy (non-hydrogen) atoms. The topological polar surface area (TPSA) is 72.5 Å². The van der Waals surface area contributed by atoms with Crippen LogP contribution in [0.5, 0.6) is 0 Å². The summed E-state index contributed by atoms with van der Waals surface area (Å²) in [6.45, 7) is 0. The van der Waals surface area contributed by atoms with Crippen LogP contribution in [-0.4, -0.2) is 19.9 Å². The second-order valence-corrected chi connectivity index (χ2v) is 4.79. The molecule has 68 valence electrons. The predicted octanol–water partition coefficient (Wildman–Crippen LogP) is 0.137. The molecule has 0 radical (unpaired) electrons. The lowest BCUT2D eigenvalue weighted by Crippen LogP contribution is -2.07. The van der Waals surface area contributed by atoms with Crippen LogP contribution in [0.2, 0.25) is 0 Å². The van der Waals surface area contributed by atoms with Gasteiger partial charge in [-0.25, -0.2) is 8.42 Å². The van der Waals surface area contributed by atoms with Crippen LogP contribution in [0.4, 0.5) is 0 Å². The summed E-state index contributed by atoms with van der Waals surface area (Å²) in [6.07, 6.45) is 0. The molecule has 0 saturated carbocycles. The van der Waals surface area contributed by atoms with E-state index in [1.165, 1.54) is 0 Å². The number of nitrogens with two attached hydrogens (primary N) is 1. The van der Waals surface area contributed by atoms with Gasteiger partial charge < -0.3 is 5.84 Å². The Bertz CT molecular complexity index is 477. The molecule has 1 heterocycles. The van der Waals surface area contributed by atoms with Crippen molar-refractivity contribution in [2.75, 3.05) is 5.75 Å². The first-order valence-electron chi connectivity index (χ1n) is 3.74. The first-order valence-corrected chi connectivity index (χ1v) is 5.39. The molecule has 0 aromatic heterocycles. The number of fused-ring (bicyclic) bond motifs is 1. The van der Waals surface area contributed by atoms with E-state index in [2.05, 4.69) is 5.10 Å². The third kappa shape index (κ3) is 1.12. The van der Waals surface area contributed by atoms with Crippen LogP contribution in [-0.2, 0) is 9.84 Å². The van der Waals surface area contributed by atoms with Gasteiger partial charge in [0.05, 0.1) is 16.4 Å². The summed E-state index contributed by atoms with van der Waals surface area (Å²) in [5, 5.41) is 3.46. The maximum atomic E-state index is 11.5. The van der Waals surface area contributed by atoms with E-state index < -0.39 is 9.84 Å². The summed E-state index contributed by atoms with van der Waals surface area (Å²) in [4.78, 5) is 0.333. The lowest BCUT2D eigenvalue weighted by molar-refractivity contribution is 0.601. The molecule has 5 heteroatoms. The molecule has 0 unspecified atom stereocenters. The highest BCUT2D eigenvalue weighted by molar-refractivity contribution is 7.92. The summed E-state index contributed by atoms with van der Waals surface area (Å²) in [5.41, 5.74) is 1.07. The van der Waals surface area contributed by atoms with Gasteiger partial charge in [-0.1, -0.05) is 18.2 Å². The molecular formula is C8H8N2O2S. The predicted molar refractivity (Wildman–Crippen MR) is 49.2 cm³/mol. The summed E-state index contributed by atoms with van der Waals surface area (Å²) < 4.78 is 23.0. The zero-order chi connectivity index (χ0) is 9.47. The Morgan fingerprint density at radius 3 is 2.69 bits per heavy atom. The summed E-state index contributed by atoms with van der Waals surface area (Å²) >= 11 is 0. The standard InChI is InChI=1S/C8H8N2O2S/c9-10-7-5-13(11,12)8-4-2-1-3-6(7)8/h1-4H,5,9H2/b10-7+. The Kier molecular flexibility index (Phi) is 1.63. The molecule has 0 spiro atoms. The summed E-state index contributed by atoms with van der Waals surface area (Å²) in [7, 11) is -3.18. The maximum absolute atomic E-state index is 11.5. The number of nitrogens with zero attached hydrogens (tertiary/aromatic N) is 1. The average Bonchev–Trinajstić information content (AvgIpc) is 2.39. The van der Waals surface area contributed by atoms with Crippen molar-refractivity contribution in [1.29, 1.82) is 0 Å². The zero-order valence-corrected chi connectivity index (χ0v) is 7.58. The number of hydrogen-bond donors (Lipinski definition) is 1. The smallest absolute Gasteiger partial charge is 0.184 e. The quantitative estimate of drug-likeness (QED) is 0.473. The van der Waals surface area contributed by atoms with Gasteiger partial charge in [-0.15, -0.1) is 0 Å². The van der Waals surface area contributed by atoms with Crippen LogP contribution in [0.25, 0.3) is 0 Å². The van der Waals surface area contributed by atoms with Crippen LogP contribution in [0.3, 0.4) is 0 Å². The van der Waals surface area contributed by atoms with E-state index in [9.17, 15) is 8.42 Å². The lowest BCUT2D eigenvalue weighted by Gasteiger charge is -1.94. The fourth-order valence-electron chi connectivity index (χ4n) is 1.42. The van der Waals surface area contributed by atoms with Crippen LogP contribution in [0.15, 0.2) is 34.3 Å². The van der Waals surface area contributed by atoms with E-state index >= 15 is 0 Å². The molecular weight excluding hydrogens is 188 g/mol. The molecule has 0 amide bonds. The highest BCUT2D eigenvalue weighted by Crippen LogP contribution is 2.25. The molecule has 0 fully saturated rings. The van der Waals surface area contributed by atoms with E-state index in [-0.39, 0.29) is 5.75 Å². The second kappa shape index (κ2) is 2.56. The van der Waals surface area contributed by atoms with Crippen molar-refractivity contribution in [3.63, 3.8) is 0 Å². The minimum Gasteiger partial charge on any atom is -0.323 e. The third-order valence-corrected chi connectivity index (χ3v) is 3.70. The van der Waals surface area contributed by atoms with Crippen molar-refractivity contribution in [2.24, 2.45) is 10.9 Å². The SMILES string of the molecule is N/N=C1\CS(=O)(=O)c2ccccc21. The minimum absolute atomic E-state index is 0.0805. The van der Waals surface area contributed by atoms with E-state index in [4.69, 9.17) is 5.84 Å². The van der Waals surface area contributed by atoms with Crippen molar-refractivity contribution in [3.8, 4) is 0 Å². The Labute approximate surface area is 76.0 Å². The Morgan fingerprint density at radius 1 is 1.31 bits per heavy atom. The lowest BCUT2D eigenvalue weighted by atomic mass is 10.1. The Hall–Kier alpha value is -1.36. The van der Waals surface area contributed by atoms with E-state index in [1.54, 1.807) is 24.3 Å². The van der Waals surface area contributed by atoms with Gasteiger partial charge in [-0.2, -0.15) is 5.10 Å². The molecule has 4 nitrogen and oxygen atoms in total. The fraction of sp³-hybridized carbons (Fsp3) is 0.125. The van der Waals surface area contributed by atoms with E-state index in [1.807, 2.05) is 0 Å². The van der Waals surface area contributed by atoms with Crippen molar-refractivity contribution >= 4 is 15.5 Å². The van der Waals surface area contributed by atoms with Crippen LogP contribution >= 0.6 is 0 Å². The molecule has 1 aromatic rings. The molecule has 2 rings (SSSR count).